The standard InChI is InChI=1S/C20H12O3/c21-20-15-8-2-1-7-14(15)19(23-20)16-10-5-9-13-12-6-3-4-11-17(12)22-18(13)16/h1-11,19H. The van der Waals surface area contributed by atoms with E-state index < -0.39 is 6.10 Å². The lowest BCUT2D eigenvalue weighted by molar-refractivity contribution is 0.0457. The summed E-state index contributed by atoms with van der Waals surface area (Å²) in [7, 11) is 0. The van der Waals surface area contributed by atoms with Gasteiger partial charge in [-0.25, -0.2) is 4.79 Å². The van der Waals surface area contributed by atoms with Crippen LogP contribution < -0.4 is 0 Å². The van der Waals surface area contributed by atoms with Crippen LogP contribution in [0.1, 0.15) is 27.6 Å². The van der Waals surface area contributed by atoms with Gasteiger partial charge >= 0.3 is 5.97 Å². The third-order valence-corrected chi connectivity index (χ3v) is 4.41. The largest absolute Gasteiger partial charge is 0.456 e. The van der Waals surface area contributed by atoms with E-state index >= 15 is 0 Å². The molecule has 0 saturated carbocycles. The van der Waals surface area contributed by atoms with Gasteiger partial charge in [-0.3, -0.25) is 0 Å². The molecule has 0 fully saturated rings. The Labute approximate surface area is 132 Å². The van der Waals surface area contributed by atoms with Gasteiger partial charge in [0, 0.05) is 21.9 Å². The molecule has 3 nitrogen and oxygen atoms in total. The number of esters is 1. The monoisotopic (exact) mass is 300 g/mol. The Morgan fingerprint density at radius 1 is 0.739 bits per heavy atom. The van der Waals surface area contributed by atoms with E-state index in [2.05, 4.69) is 0 Å². The van der Waals surface area contributed by atoms with Crippen LogP contribution in [0, 0.1) is 0 Å². The molecule has 5 rings (SSSR count). The smallest absolute Gasteiger partial charge is 0.339 e. The van der Waals surface area contributed by atoms with Crippen LogP contribution in [-0.4, -0.2) is 5.97 Å². The van der Waals surface area contributed by atoms with E-state index in [9.17, 15) is 4.79 Å². The van der Waals surface area contributed by atoms with Crippen molar-refractivity contribution in [2.24, 2.45) is 0 Å². The summed E-state index contributed by atoms with van der Waals surface area (Å²) in [4.78, 5) is 12.1. The highest BCUT2D eigenvalue weighted by Crippen LogP contribution is 2.40. The lowest BCUT2D eigenvalue weighted by Crippen LogP contribution is -2.00. The van der Waals surface area contributed by atoms with E-state index in [0.717, 1.165) is 33.1 Å². The van der Waals surface area contributed by atoms with Gasteiger partial charge in [-0.15, -0.1) is 0 Å². The Kier molecular flexibility index (Phi) is 2.42. The molecule has 110 valence electrons. The Hall–Kier alpha value is -3.07. The first-order valence-electron chi connectivity index (χ1n) is 7.53. The molecule has 0 bridgehead atoms. The molecule has 0 N–H and O–H groups in total. The summed E-state index contributed by atoms with van der Waals surface area (Å²) in [6.45, 7) is 0. The van der Waals surface area contributed by atoms with E-state index in [1.54, 1.807) is 6.07 Å². The minimum atomic E-state index is -0.414. The Bertz CT molecular complexity index is 1070. The summed E-state index contributed by atoms with van der Waals surface area (Å²) in [5.41, 5.74) is 4.03. The minimum absolute atomic E-state index is 0.279. The zero-order valence-corrected chi connectivity index (χ0v) is 12.2. The van der Waals surface area contributed by atoms with Crippen LogP contribution in [-0.2, 0) is 4.74 Å². The molecule has 4 aromatic rings. The van der Waals surface area contributed by atoms with Gasteiger partial charge in [0.05, 0.1) is 5.56 Å². The molecule has 1 atom stereocenters. The molecule has 1 aliphatic heterocycles. The zero-order chi connectivity index (χ0) is 15.4. The van der Waals surface area contributed by atoms with Gasteiger partial charge in [0.2, 0.25) is 0 Å². The zero-order valence-electron chi connectivity index (χ0n) is 12.2. The number of cyclic esters (lactones) is 1. The molecule has 0 radical (unpaired) electrons. The summed E-state index contributed by atoms with van der Waals surface area (Å²) in [5.74, 6) is -0.279. The third-order valence-electron chi connectivity index (χ3n) is 4.41. The summed E-state index contributed by atoms with van der Waals surface area (Å²) < 4.78 is 11.7. The molecule has 0 aliphatic carbocycles. The molecule has 0 amide bonds. The van der Waals surface area contributed by atoms with Crippen molar-refractivity contribution in [3.05, 3.63) is 83.4 Å². The summed E-state index contributed by atoms with van der Waals surface area (Å²) in [6, 6.07) is 21.4. The molecule has 1 aromatic heterocycles. The van der Waals surface area contributed by atoms with Gasteiger partial charge in [-0.1, -0.05) is 54.6 Å². The van der Waals surface area contributed by atoms with Crippen LogP contribution in [0.3, 0.4) is 0 Å². The van der Waals surface area contributed by atoms with Crippen molar-refractivity contribution in [2.45, 2.75) is 6.10 Å². The van der Waals surface area contributed by atoms with Crippen LogP contribution in [0.2, 0.25) is 0 Å². The Morgan fingerprint density at radius 2 is 1.48 bits per heavy atom. The van der Waals surface area contributed by atoms with Crippen LogP contribution in [0.5, 0.6) is 0 Å². The fourth-order valence-corrected chi connectivity index (χ4v) is 3.35. The Morgan fingerprint density at radius 3 is 2.43 bits per heavy atom. The second-order valence-corrected chi connectivity index (χ2v) is 5.69. The number of para-hydroxylation sites is 2. The van der Waals surface area contributed by atoms with Crippen LogP contribution in [0.15, 0.2) is 71.1 Å². The number of benzene rings is 3. The van der Waals surface area contributed by atoms with Crippen molar-refractivity contribution in [2.75, 3.05) is 0 Å². The maximum atomic E-state index is 12.1. The second kappa shape index (κ2) is 4.46. The van der Waals surface area contributed by atoms with Gasteiger partial charge in [0.15, 0.2) is 6.10 Å². The first-order chi connectivity index (χ1) is 11.3. The highest BCUT2D eigenvalue weighted by Gasteiger charge is 2.33. The van der Waals surface area contributed by atoms with Crippen LogP contribution >= 0.6 is 0 Å². The lowest BCUT2D eigenvalue weighted by atomic mass is 9.97. The maximum Gasteiger partial charge on any atom is 0.339 e. The predicted octanol–water partition coefficient (Wildman–Crippen LogP) is 4.85. The SMILES string of the molecule is O=C1OC(c2cccc3c2oc2ccccc23)c2ccccc21. The van der Waals surface area contributed by atoms with Crippen molar-refractivity contribution < 1.29 is 13.9 Å². The Balaban J connectivity index is 1.80. The number of rotatable bonds is 1. The van der Waals surface area contributed by atoms with E-state index in [1.165, 1.54) is 0 Å². The van der Waals surface area contributed by atoms with E-state index in [-0.39, 0.29) is 5.97 Å². The second-order valence-electron chi connectivity index (χ2n) is 5.69. The van der Waals surface area contributed by atoms with Crippen LogP contribution in [0.25, 0.3) is 21.9 Å². The number of hydrogen-bond acceptors (Lipinski definition) is 3. The van der Waals surface area contributed by atoms with Crippen molar-refractivity contribution >= 4 is 27.9 Å². The fourth-order valence-electron chi connectivity index (χ4n) is 3.35. The summed E-state index contributed by atoms with van der Waals surface area (Å²) >= 11 is 0. The molecule has 3 heteroatoms. The molecule has 2 heterocycles. The molecule has 23 heavy (non-hydrogen) atoms. The van der Waals surface area contributed by atoms with Gasteiger partial charge in [-0.05, 0) is 12.1 Å². The number of carbonyl (C=O) groups is 1. The molecular weight excluding hydrogens is 288 g/mol. The predicted molar refractivity (Wildman–Crippen MR) is 87.4 cm³/mol. The number of ether oxygens (including phenoxy) is 1. The molecule has 3 aromatic carbocycles. The van der Waals surface area contributed by atoms with E-state index in [4.69, 9.17) is 9.15 Å². The molecule has 1 unspecified atom stereocenters. The summed E-state index contributed by atoms with van der Waals surface area (Å²) in [6.07, 6.45) is -0.414. The first-order valence-corrected chi connectivity index (χ1v) is 7.53. The highest BCUT2D eigenvalue weighted by atomic mass is 16.5. The van der Waals surface area contributed by atoms with Gasteiger partial charge in [-0.2, -0.15) is 0 Å². The lowest BCUT2D eigenvalue weighted by Gasteiger charge is -2.11. The van der Waals surface area contributed by atoms with Gasteiger partial charge in [0.1, 0.15) is 11.2 Å². The number of fused-ring (bicyclic) bond motifs is 4. The van der Waals surface area contributed by atoms with Gasteiger partial charge < -0.3 is 9.15 Å². The molecule has 0 saturated heterocycles. The van der Waals surface area contributed by atoms with Crippen molar-refractivity contribution in [1.82, 2.24) is 0 Å². The van der Waals surface area contributed by atoms with Gasteiger partial charge in [0.25, 0.3) is 0 Å². The van der Waals surface area contributed by atoms with Crippen molar-refractivity contribution in [3.8, 4) is 0 Å². The normalized spacial score (nSPS) is 16.7. The topological polar surface area (TPSA) is 39.4 Å². The average molecular weight is 300 g/mol. The third kappa shape index (κ3) is 1.67. The van der Waals surface area contributed by atoms with E-state index in [0.29, 0.717) is 5.56 Å². The fraction of sp³-hybridized carbons (Fsp3) is 0.0500. The van der Waals surface area contributed by atoms with Crippen molar-refractivity contribution in [3.63, 3.8) is 0 Å². The highest BCUT2D eigenvalue weighted by molar-refractivity contribution is 6.06. The number of furan rings is 1. The minimum Gasteiger partial charge on any atom is -0.456 e. The summed E-state index contributed by atoms with van der Waals surface area (Å²) in [5, 5.41) is 2.11. The molecule has 0 spiro atoms. The van der Waals surface area contributed by atoms with E-state index in [1.807, 2.05) is 60.7 Å². The molecular formula is C20H12O3. The van der Waals surface area contributed by atoms with Crippen molar-refractivity contribution in [1.29, 1.82) is 0 Å². The number of carbonyl (C=O) groups excluding carboxylic acids is 1. The van der Waals surface area contributed by atoms with Crippen LogP contribution in [0.4, 0.5) is 0 Å². The molecule has 1 aliphatic rings. The number of hydrogen-bond donors (Lipinski definition) is 0. The average Bonchev–Trinajstić information content (AvgIpc) is 3.13. The quantitative estimate of drug-likeness (QED) is 0.472. The first kappa shape index (κ1) is 12.5. The maximum absolute atomic E-state index is 12.1.